The third-order valence-corrected chi connectivity index (χ3v) is 2.78. The molecule has 0 saturated heterocycles. The monoisotopic (exact) mass is 284 g/mol. The molecule has 78 valence electrons. The van der Waals surface area contributed by atoms with Crippen LogP contribution in [0.5, 0.6) is 11.5 Å². The first-order valence-electron chi connectivity index (χ1n) is 3.37. The van der Waals surface area contributed by atoms with E-state index >= 15 is 0 Å². The highest BCUT2D eigenvalue weighted by Gasteiger charge is 2.21. The second kappa shape index (κ2) is 3.74. The minimum absolute atomic E-state index is 0.115. The van der Waals surface area contributed by atoms with Gasteiger partial charge in [0.1, 0.15) is 4.90 Å². The van der Waals surface area contributed by atoms with Crippen molar-refractivity contribution in [2.24, 2.45) is 0 Å². The fourth-order valence-corrected chi connectivity index (χ4v) is 2.08. The van der Waals surface area contributed by atoms with Crippen LogP contribution in [0, 0.1) is 0 Å². The lowest BCUT2D eigenvalue weighted by Gasteiger charge is -2.06. The lowest BCUT2D eigenvalue weighted by Crippen LogP contribution is -1.95. The van der Waals surface area contributed by atoms with Crippen LogP contribution >= 0.6 is 15.9 Å². The Labute approximate surface area is 88.7 Å². The number of hydrogen-bond acceptors (Lipinski definition) is 4. The largest absolute Gasteiger partial charge is 0.503 e. The first kappa shape index (κ1) is 11.3. The van der Waals surface area contributed by atoms with E-state index < -0.39 is 20.9 Å². The van der Waals surface area contributed by atoms with Crippen molar-refractivity contribution in [2.75, 3.05) is 7.11 Å². The number of hydrogen-bond donors (Lipinski definition) is 1. The average Bonchev–Trinajstić information content (AvgIpc) is 2.06. The number of methoxy groups -OCH3 is 1. The maximum Gasteiger partial charge on any atom is 0.335 e. The summed E-state index contributed by atoms with van der Waals surface area (Å²) in [6.07, 6.45) is 0. The maximum atomic E-state index is 12.6. The molecular weight excluding hydrogens is 279 g/mol. The third-order valence-electron chi connectivity index (χ3n) is 1.49. The van der Waals surface area contributed by atoms with Gasteiger partial charge in [-0.3, -0.25) is 0 Å². The van der Waals surface area contributed by atoms with Crippen LogP contribution in [0.15, 0.2) is 21.5 Å². The van der Waals surface area contributed by atoms with E-state index in [1.807, 2.05) is 0 Å². The molecule has 14 heavy (non-hydrogen) atoms. The molecule has 0 amide bonds. The number of ether oxygens (including phenoxy) is 1. The number of rotatable bonds is 2. The third kappa shape index (κ3) is 2.16. The summed E-state index contributed by atoms with van der Waals surface area (Å²) in [5, 5.41) is 9.28. The van der Waals surface area contributed by atoms with E-state index in [0.29, 0.717) is 4.47 Å². The molecule has 0 aromatic heterocycles. The van der Waals surface area contributed by atoms with Crippen molar-refractivity contribution in [3.05, 3.63) is 16.6 Å². The maximum absolute atomic E-state index is 12.6. The molecule has 0 atom stereocenters. The summed E-state index contributed by atoms with van der Waals surface area (Å²) in [5.74, 6) is -0.853. The number of phenolic OH excluding ortho intramolecular Hbond substituents is 1. The average molecular weight is 285 g/mol. The van der Waals surface area contributed by atoms with Crippen LogP contribution in [0.1, 0.15) is 0 Å². The SMILES string of the molecule is COc1cc(Br)cc(S(=O)(=O)F)c1O. The lowest BCUT2D eigenvalue weighted by atomic mass is 10.3. The van der Waals surface area contributed by atoms with Crippen LogP contribution in [0.2, 0.25) is 0 Å². The molecule has 4 nitrogen and oxygen atoms in total. The summed E-state index contributed by atoms with van der Waals surface area (Å²) in [6, 6.07) is 2.28. The molecule has 1 aromatic carbocycles. The fraction of sp³-hybridized carbons (Fsp3) is 0.143. The first-order chi connectivity index (χ1) is 6.36. The molecule has 0 aliphatic rings. The smallest absolute Gasteiger partial charge is 0.335 e. The summed E-state index contributed by atoms with van der Waals surface area (Å²) in [4.78, 5) is -0.816. The molecule has 0 unspecified atom stereocenters. The predicted octanol–water partition coefficient (Wildman–Crippen LogP) is 1.82. The first-order valence-corrected chi connectivity index (χ1v) is 5.55. The van der Waals surface area contributed by atoms with Gasteiger partial charge < -0.3 is 9.84 Å². The van der Waals surface area contributed by atoms with Crippen molar-refractivity contribution in [3.63, 3.8) is 0 Å². The van der Waals surface area contributed by atoms with Gasteiger partial charge in [0.2, 0.25) is 0 Å². The van der Waals surface area contributed by atoms with Crippen LogP contribution in [-0.4, -0.2) is 20.6 Å². The molecule has 0 saturated carbocycles. The Kier molecular flexibility index (Phi) is 3.01. The molecule has 0 radical (unpaired) electrons. The van der Waals surface area contributed by atoms with Gasteiger partial charge in [0, 0.05) is 4.47 Å². The molecule has 0 fully saturated rings. The van der Waals surface area contributed by atoms with Gasteiger partial charge in [0.15, 0.2) is 11.5 Å². The summed E-state index contributed by atoms with van der Waals surface area (Å²) in [5.41, 5.74) is 0. The summed E-state index contributed by atoms with van der Waals surface area (Å²) < 4.78 is 38.7. The molecule has 1 aromatic rings. The Balaban J connectivity index is 3.53. The van der Waals surface area contributed by atoms with Gasteiger partial charge in [-0.25, -0.2) is 0 Å². The van der Waals surface area contributed by atoms with E-state index in [-0.39, 0.29) is 5.75 Å². The Morgan fingerprint density at radius 3 is 2.50 bits per heavy atom. The van der Waals surface area contributed by atoms with Crippen molar-refractivity contribution in [1.29, 1.82) is 0 Å². The van der Waals surface area contributed by atoms with Crippen molar-refractivity contribution in [3.8, 4) is 11.5 Å². The zero-order valence-electron chi connectivity index (χ0n) is 6.99. The molecule has 0 aliphatic heterocycles. The lowest BCUT2D eigenvalue weighted by molar-refractivity contribution is 0.365. The molecule has 1 rings (SSSR count). The Morgan fingerprint density at radius 2 is 2.07 bits per heavy atom. The minimum atomic E-state index is -4.95. The van der Waals surface area contributed by atoms with Crippen LogP contribution in [-0.2, 0) is 10.2 Å². The molecule has 0 heterocycles. The predicted molar refractivity (Wildman–Crippen MR) is 50.7 cm³/mol. The van der Waals surface area contributed by atoms with Gasteiger partial charge in [-0.1, -0.05) is 15.9 Å². The van der Waals surface area contributed by atoms with Crippen molar-refractivity contribution < 1.29 is 22.1 Å². The van der Waals surface area contributed by atoms with E-state index in [9.17, 15) is 17.4 Å². The molecule has 0 aliphatic carbocycles. The van der Waals surface area contributed by atoms with E-state index in [1.165, 1.54) is 13.2 Å². The van der Waals surface area contributed by atoms with E-state index in [4.69, 9.17) is 0 Å². The van der Waals surface area contributed by atoms with Gasteiger partial charge in [0.05, 0.1) is 7.11 Å². The van der Waals surface area contributed by atoms with Gasteiger partial charge in [-0.05, 0) is 12.1 Å². The number of benzene rings is 1. The molecule has 0 spiro atoms. The second-order valence-electron chi connectivity index (χ2n) is 2.39. The van der Waals surface area contributed by atoms with Crippen LogP contribution in [0.3, 0.4) is 0 Å². The van der Waals surface area contributed by atoms with Crippen LogP contribution < -0.4 is 4.74 Å². The number of halogens is 2. The van der Waals surface area contributed by atoms with Gasteiger partial charge in [-0.15, -0.1) is 3.89 Å². The highest BCUT2D eigenvalue weighted by atomic mass is 79.9. The van der Waals surface area contributed by atoms with Crippen molar-refractivity contribution in [1.82, 2.24) is 0 Å². The highest BCUT2D eigenvalue weighted by molar-refractivity contribution is 9.10. The zero-order valence-corrected chi connectivity index (χ0v) is 9.39. The topological polar surface area (TPSA) is 63.6 Å². The number of aromatic hydroxyl groups is 1. The summed E-state index contributed by atoms with van der Waals surface area (Å²) in [7, 11) is -3.72. The van der Waals surface area contributed by atoms with Gasteiger partial charge in [-0.2, -0.15) is 8.42 Å². The summed E-state index contributed by atoms with van der Waals surface area (Å²) in [6.45, 7) is 0. The molecular formula is C7H6BrFO4S. The normalized spacial score (nSPS) is 11.4. The molecule has 0 bridgehead atoms. The van der Waals surface area contributed by atoms with Gasteiger partial charge >= 0.3 is 10.2 Å². The van der Waals surface area contributed by atoms with E-state index in [2.05, 4.69) is 20.7 Å². The van der Waals surface area contributed by atoms with Gasteiger partial charge in [0.25, 0.3) is 0 Å². The highest BCUT2D eigenvalue weighted by Crippen LogP contribution is 2.36. The summed E-state index contributed by atoms with van der Waals surface area (Å²) >= 11 is 2.96. The quantitative estimate of drug-likeness (QED) is 0.842. The Bertz CT molecular complexity index is 457. The van der Waals surface area contributed by atoms with Crippen molar-refractivity contribution in [2.45, 2.75) is 4.90 Å². The standard InChI is InChI=1S/C7H6BrFO4S/c1-13-5-2-4(8)3-6(7(5)10)14(9,11)12/h2-3,10H,1H3. The second-order valence-corrected chi connectivity index (χ2v) is 4.62. The number of phenols is 1. The minimum Gasteiger partial charge on any atom is -0.503 e. The van der Waals surface area contributed by atoms with E-state index in [1.54, 1.807) is 0 Å². The zero-order chi connectivity index (χ0) is 10.9. The molecule has 7 heteroatoms. The van der Waals surface area contributed by atoms with Crippen molar-refractivity contribution >= 4 is 26.2 Å². The van der Waals surface area contributed by atoms with E-state index in [0.717, 1.165) is 6.07 Å². The molecule has 1 N–H and O–H groups in total. The fourth-order valence-electron chi connectivity index (χ4n) is 0.892. The Morgan fingerprint density at radius 1 is 1.50 bits per heavy atom. The van der Waals surface area contributed by atoms with Crippen LogP contribution in [0.25, 0.3) is 0 Å². The van der Waals surface area contributed by atoms with Crippen LogP contribution in [0.4, 0.5) is 3.89 Å². The Hall–Kier alpha value is -0.820.